The van der Waals surface area contributed by atoms with Gasteiger partial charge in [0.1, 0.15) is 10.2 Å². The molecule has 0 radical (unpaired) electrons. The van der Waals surface area contributed by atoms with Crippen molar-refractivity contribution in [2.45, 2.75) is 0 Å². The molecule has 2 N–H and O–H groups in total. The Morgan fingerprint density at radius 2 is 1.71 bits per heavy atom. The molecule has 0 spiro atoms. The SMILES string of the molecule is CN(C)C(=O)c1c(O)c(Nc2c(Br)c(=O)n(C)n(C)c2=O)nn1C. The van der Waals surface area contributed by atoms with E-state index >= 15 is 0 Å². The van der Waals surface area contributed by atoms with Crippen LogP contribution in [-0.4, -0.2) is 49.2 Å². The standard InChI is InChI=1S/C13H17BrN6O4/c1-17(2)13(24)8-9(21)10(16-18(8)3)15-7-6(14)11(22)19(4)20(5)12(7)23/h21H,1-5H3,(H,15,16). The number of aromatic hydroxyl groups is 1. The van der Waals surface area contributed by atoms with Gasteiger partial charge in [-0.2, -0.15) is 5.10 Å². The summed E-state index contributed by atoms with van der Waals surface area (Å²) in [6.07, 6.45) is 0. The molecular formula is C13H17BrN6O4. The quantitative estimate of drug-likeness (QED) is 0.732. The lowest BCUT2D eigenvalue weighted by Gasteiger charge is -2.11. The number of hydrogen-bond acceptors (Lipinski definition) is 6. The molecule has 130 valence electrons. The Bertz CT molecular complexity index is 939. The van der Waals surface area contributed by atoms with Gasteiger partial charge in [-0.15, -0.1) is 0 Å². The van der Waals surface area contributed by atoms with E-state index in [-0.39, 0.29) is 21.7 Å². The van der Waals surface area contributed by atoms with Crippen molar-refractivity contribution in [2.24, 2.45) is 21.1 Å². The third kappa shape index (κ3) is 2.70. The Morgan fingerprint density at radius 1 is 1.17 bits per heavy atom. The van der Waals surface area contributed by atoms with Crippen LogP contribution in [0.5, 0.6) is 5.75 Å². The van der Waals surface area contributed by atoms with Crippen molar-refractivity contribution in [3.8, 4) is 5.75 Å². The summed E-state index contributed by atoms with van der Waals surface area (Å²) >= 11 is 3.07. The van der Waals surface area contributed by atoms with E-state index < -0.39 is 22.8 Å². The molecule has 0 aliphatic carbocycles. The molecule has 0 unspecified atom stereocenters. The lowest BCUT2D eigenvalue weighted by Crippen LogP contribution is -2.36. The normalized spacial score (nSPS) is 10.8. The van der Waals surface area contributed by atoms with Gasteiger partial charge in [0.05, 0.1) is 0 Å². The minimum absolute atomic E-state index is 0.00126. The second-order valence-electron chi connectivity index (χ2n) is 5.34. The second kappa shape index (κ2) is 6.15. The highest BCUT2D eigenvalue weighted by molar-refractivity contribution is 9.10. The first-order chi connectivity index (χ1) is 11.1. The van der Waals surface area contributed by atoms with E-state index in [0.717, 1.165) is 9.36 Å². The highest BCUT2D eigenvalue weighted by Crippen LogP contribution is 2.30. The number of rotatable bonds is 3. The molecule has 0 bridgehead atoms. The zero-order chi connectivity index (χ0) is 18.3. The molecule has 0 saturated heterocycles. The third-order valence-electron chi connectivity index (χ3n) is 3.53. The topological polar surface area (TPSA) is 114 Å². The molecule has 2 heterocycles. The number of carbonyl (C=O) groups is 1. The average molecular weight is 401 g/mol. The molecule has 2 rings (SSSR count). The van der Waals surface area contributed by atoms with Crippen LogP contribution in [0.4, 0.5) is 11.5 Å². The van der Waals surface area contributed by atoms with Crippen molar-refractivity contribution in [2.75, 3.05) is 19.4 Å². The molecule has 0 atom stereocenters. The Kier molecular flexibility index (Phi) is 4.56. The molecule has 0 saturated carbocycles. The summed E-state index contributed by atoms with van der Waals surface area (Å²) in [6, 6.07) is 0. The Morgan fingerprint density at radius 3 is 2.25 bits per heavy atom. The summed E-state index contributed by atoms with van der Waals surface area (Å²) in [5.41, 5.74) is -1.08. The van der Waals surface area contributed by atoms with Crippen LogP contribution in [0.15, 0.2) is 14.1 Å². The largest absolute Gasteiger partial charge is 0.503 e. The molecular weight excluding hydrogens is 384 g/mol. The van der Waals surface area contributed by atoms with Gasteiger partial charge >= 0.3 is 0 Å². The third-order valence-corrected chi connectivity index (χ3v) is 4.27. The van der Waals surface area contributed by atoms with E-state index in [1.165, 1.54) is 44.8 Å². The molecule has 10 nitrogen and oxygen atoms in total. The fraction of sp³-hybridized carbons (Fsp3) is 0.385. The van der Waals surface area contributed by atoms with E-state index in [1.54, 1.807) is 0 Å². The summed E-state index contributed by atoms with van der Waals surface area (Å²) in [6.45, 7) is 0. The zero-order valence-electron chi connectivity index (χ0n) is 13.8. The van der Waals surface area contributed by atoms with E-state index in [2.05, 4.69) is 26.3 Å². The van der Waals surface area contributed by atoms with Crippen LogP contribution in [0.25, 0.3) is 0 Å². The molecule has 11 heteroatoms. The number of hydrogen-bond donors (Lipinski definition) is 2. The summed E-state index contributed by atoms with van der Waals surface area (Å²) in [4.78, 5) is 37.8. The predicted molar refractivity (Wildman–Crippen MR) is 90.8 cm³/mol. The maximum Gasteiger partial charge on any atom is 0.290 e. The molecule has 0 fully saturated rings. The molecule has 2 aromatic rings. The smallest absolute Gasteiger partial charge is 0.290 e. The van der Waals surface area contributed by atoms with E-state index in [9.17, 15) is 19.5 Å². The molecule has 0 aliphatic heterocycles. The van der Waals surface area contributed by atoms with Crippen molar-refractivity contribution in [1.29, 1.82) is 0 Å². The predicted octanol–water partition coefficient (Wildman–Crippen LogP) is -0.269. The fourth-order valence-electron chi connectivity index (χ4n) is 2.05. The second-order valence-corrected chi connectivity index (χ2v) is 6.13. The number of halogens is 1. The average Bonchev–Trinajstić information content (AvgIpc) is 2.80. The number of aromatic nitrogens is 4. The number of amides is 1. The van der Waals surface area contributed by atoms with Crippen LogP contribution in [0.1, 0.15) is 10.5 Å². The van der Waals surface area contributed by atoms with Gasteiger partial charge in [0.15, 0.2) is 17.3 Å². The number of nitrogens with zero attached hydrogens (tertiary/aromatic N) is 5. The number of aryl methyl sites for hydroxylation is 1. The maximum absolute atomic E-state index is 12.3. The molecule has 1 amide bonds. The Hall–Kier alpha value is -2.56. The highest BCUT2D eigenvalue weighted by Gasteiger charge is 2.25. The Balaban J connectivity index is 2.60. The highest BCUT2D eigenvalue weighted by atomic mass is 79.9. The lowest BCUT2D eigenvalue weighted by molar-refractivity contribution is 0.0814. The minimum Gasteiger partial charge on any atom is -0.503 e. The monoisotopic (exact) mass is 400 g/mol. The fourth-order valence-corrected chi connectivity index (χ4v) is 2.58. The van der Waals surface area contributed by atoms with Crippen molar-refractivity contribution < 1.29 is 9.90 Å². The minimum atomic E-state index is -0.505. The van der Waals surface area contributed by atoms with E-state index in [0.29, 0.717) is 0 Å². The maximum atomic E-state index is 12.3. The molecule has 2 aromatic heterocycles. The molecule has 0 aliphatic rings. The zero-order valence-corrected chi connectivity index (χ0v) is 15.4. The van der Waals surface area contributed by atoms with Crippen molar-refractivity contribution in [3.63, 3.8) is 0 Å². The first kappa shape index (κ1) is 17.8. The van der Waals surface area contributed by atoms with Crippen molar-refractivity contribution in [3.05, 3.63) is 30.9 Å². The van der Waals surface area contributed by atoms with Gasteiger partial charge in [-0.05, 0) is 15.9 Å². The van der Waals surface area contributed by atoms with Crippen LogP contribution >= 0.6 is 15.9 Å². The van der Waals surface area contributed by atoms with Gasteiger partial charge < -0.3 is 15.3 Å². The van der Waals surface area contributed by atoms with Crippen molar-refractivity contribution in [1.82, 2.24) is 24.0 Å². The summed E-state index contributed by atoms with van der Waals surface area (Å²) in [7, 11) is 7.44. The van der Waals surface area contributed by atoms with Crippen LogP contribution in [0, 0.1) is 0 Å². The van der Waals surface area contributed by atoms with Crippen LogP contribution in [0.3, 0.4) is 0 Å². The van der Waals surface area contributed by atoms with Gasteiger partial charge in [0.25, 0.3) is 17.0 Å². The van der Waals surface area contributed by atoms with Crippen LogP contribution in [-0.2, 0) is 21.1 Å². The molecule has 0 aromatic carbocycles. The van der Waals surface area contributed by atoms with E-state index in [4.69, 9.17) is 0 Å². The first-order valence-corrected chi connectivity index (χ1v) is 7.57. The summed E-state index contributed by atoms with van der Waals surface area (Å²) in [5.74, 6) is -0.967. The molecule has 24 heavy (non-hydrogen) atoms. The van der Waals surface area contributed by atoms with Crippen molar-refractivity contribution >= 4 is 33.3 Å². The number of nitrogens with one attached hydrogen (secondary N) is 1. The van der Waals surface area contributed by atoms with Gasteiger partial charge in [-0.25, -0.2) is 9.36 Å². The number of carbonyl (C=O) groups excluding carboxylic acids is 1. The van der Waals surface area contributed by atoms with Gasteiger partial charge in [0.2, 0.25) is 0 Å². The van der Waals surface area contributed by atoms with Gasteiger partial charge in [0, 0.05) is 35.2 Å². The first-order valence-electron chi connectivity index (χ1n) is 6.78. The summed E-state index contributed by atoms with van der Waals surface area (Å²) < 4.78 is 3.44. The number of anilines is 2. The van der Waals surface area contributed by atoms with Gasteiger partial charge in [-0.1, -0.05) is 0 Å². The summed E-state index contributed by atoms with van der Waals surface area (Å²) in [5, 5.41) is 16.9. The lowest BCUT2D eigenvalue weighted by atomic mass is 10.3. The van der Waals surface area contributed by atoms with Gasteiger partial charge in [-0.3, -0.25) is 19.1 Å². The van der Waals surface area contributed by atoms with E-state index in [1.807, 2.05) is 0 Å². The van der Waals surface area contributed by atoms with Crippen LogP contribution < -0.4 is 16.4 Å². The Labute approximate surface area is 145 Å². The van der Waals surface area contributed by atoms with Crippen LogP contribution in [0.2, 0.25) is 0 Å².